The highest BCUT2D eigenvalue weighted by Crippen LogP contribution is 2.18. The molecule has 0 bridgehead atoms. The molecule has 7 nitrogen and oxygen atoms in total. The lowest BCUT2D eigenvalue weighted by Crippen LogP contribution is -2.28. The Hall–Kier alpha value is -3.35. The molecule has 0 saturated carbocycles. The van der Waals surface area contributed by atoms with E-state index < -0.39 is 5.91 Å². The first-order chi connectivity index (χ1) is 12.7. The molecule has 1 amide bonds. The van der Waals surface area contributed by atoms with E-state index >= 15 is 0 Å². The lowest BCUT2D eigenvalue weighted by molar-refractivity contribution is 0.0913. The number of hydrogen-bond donors (Lipinski definition) is 1. The molecule has 0 atom stereocenters. The summed E-state index contributed by atoms with van der Waals surface area (Å²) >= 11 is 0. The second-order valence-corrected chi connectivity index (χ2v) is 5.56. The zero-order chi connectivity index (χ0) is 18.4. The number of amides is 1. The van der Waals surface area contributed by atoms with Crippen LogP contribution in [0.4, 0.5) is 0 Å². The van der Waals surface area contributed by atoms with Crippen molar-refractivity contribution in [2.45, 2.75) is 6.92 Å². The van der Waals surface area contributed by atoms with Crippen molar-refractivity contribution >= 4 is 5.91 Å². The van der Waals surface area contributed by atoms with Gasteiger partial charge in [0.1, 0.15) is 18.1 Å². The largest absolute Gasteiger partial charge is 0.497 e. The standard InChI is InChI=1S/C19H19N3O4/c1-13-3-5-14(6-4-13)18-21-22-19(26-18)17(23)20-11-12-25-16-9-7-15(24-2)8-10-16/h3-10H,11-12H2,1-2H3,(H,20,23). The van der Waals surface area contributed by atoms with Gasteiger partial charge in [-0.2, -0.15) is 0 Å². The molecule has 134 valence electrons. The third-order valence-corrected chi connectivity index (χ3v) is 3.63. The fourth-order valence-electron chi connectivity index (χ4n) is 2.21. The highest BCUT2D eigenvalue weighted by atomic mass is 16.5. The first-order valence-corrected chi connectivity index (χ1v) is 8.11. The molecule has 26 heavy (non-hydrogen) atoms. The zero-order valence-electron chi connectivity index (χ0n) is 14.6. The molecule has 1 heterocycles. The van der Waals surface area contributed by atoms with Crippen molar-refractivity contribution in [1.82, 2.24) is 15.5 Å². The summed E-state index contributed by atoms with van der Waals surface area (Å²) in [5, 5.41) is 10.4. The van der Waals surface area contributed by atoms with Crippen LogP contribution >= 0.6 is 0 Å². The summed E-state index contributed by atoms with van der Waals surface area (Å²) in [5.41, 5.74) is 1.90. The number of rotatable bonds is 7. The van der Waals surface area contributed by atoms with E-state index in [1.165, 1.54) is 0 Å². The van der Waals surface area contributed by atoms with Gasteiger partial charge >= 0.3 is 11.8 Å². The molecular weight excluding hydrogens is 334 g/mol. The van der Waals surface area contributed by atoms with Crippen molar-refractivity contribution in [3.05, 3.63) is 60.0 Å². The van der Waals surface area contributed by atoms with E-state index in [1.54, 1.807) is 31.4 Å². The van der Waals surface area contributed by atoms with Crippen molar-refractivity contribution in [2.24, 2.45) is 0 Å². The number of nitrogens with zero attached hydrogens (tertiary/aromatic N) is 2. The Kier molecular flexibility index (Phi) is 5.48. The topological polar surface area (TPSA) is 86.5 Å². The van der Waals surface area contributed by atoms with Gasteiger partial charge in [0, 0.05) is 5.56 Å². The average Bonchev–Trinajstić information content (AvgIpc) is 3.16. The molecule has 0 fully saturated rings. The molecule has 2 aromatic carbocycles. The van der Waals surface area contributed by atoms with Crippen LogP contribution in [0.3, 0.4) is 0 Å². The average molecular weight is 353 g/mol. The van der Waals surface area contributed by atoms with Gasteiger partial charge in [0.2, 0.25) is 5.89 Å². The van der Waals surface area contributed by atoms with Gasteiger partial charge in [0.15, 0.2) is 0 Å². The third-order valence-electron chi connectivity index (χ3n) is 3.63. The summed E-state index contributed by atoms with van der Waals surface area (Å²) in [5.74, 6) is 1.25. The zero-order valence-corrected chi connectivity index (χ0v) is 14.6. The van der Waals surface area contributed by atoms with Gasteiger partial charge in [0.25, 0.3) is 0 Å². The van der Waals surface area contributed by atoms with Crippen molar-refractivity contribution in [3.8, 4) is 23.0 Å². The maximum atomic E-state index is 12.1. The molecule has 0 aliphatic heterocycles. The quantitative estimate of drug-likeness (QED) is 0.657. The van der Waals surface area contributed by atoms with Gasteiger partial charge in [0.05, 0.1) is 13.7 Å². The number of carbonyl (C=O) groups is 1. The molecule has 0 radical (unpaired) electrons. The molecule has 1 aromatic heterocycles. The van der Waals surface area contributed by atoms with E-state index in [1.807, 2.05) is 31.2 Å². The summed E-state index contributed by atoms with van der Waals surface area (Å²) in [7, 11) is 1.60. The van der Waals surface area contributed by atoms with Gasteiger partial charge in [-0.15, -0.1) is 10.2 Å². The third kappa shape index (κ3) is 4.38. The van der Waals surface area contributed by atoms with E-state index in [2.05, 4.69) is 15.5 Å². The van der Waals surface area contributed by atoms with Crippen molar-refractivity contribution in [3.63, 3.8) is 0 Å². The van der Waals surface area contributed by atoms with Crippen LogP contribution in [-0.4, -0.2) is 36.4 Å². The summed E-state index contributed by atoms with van der Waals surface area (Å²) in [6, 6.07) is 14.8. The molecule has 0 unspecified atom stereocenters. The number of hydrogen-bond acceptors (Lipinski definition) is 6. The Morgan fingerprint density at radius 3 is 2.42 bits per heavy atom. The van der Waals surface area contributed by atoms with Crippen LogP contribution in [0.1, 0.15) is 16.2 Å². The fraction of sp³-hybridized carbons (Fsp3) is 0.211. The maximum Gasteiger partial charge on any atom is 0.308 e. The van der Waals surface area contributed by atoms with Crippen molar-refractivity contribution < 1.29 is 18.7 Å². The highest BCUT2D eigenvalue weighted by molar-refractivity contribution is 5.89. The number of nitrogens with one attached hydrogen (secondary N) is 1. The van der Waals surface area contributed by atoms with Gasteiger partial charge < -0.3 is 19.2 Å². The monoisotopic (exact) mass is 353 g/mol. The molecule has 3 aromatic rings. The number of methoxy groups -OCH3 is 1. The van der Waals surface area contributed by atoms with E-state index in [9.17, 15) is 4.79 Å². The summed E-state index contributed by atoms with van der Waals surface area (Å²) < 4.78 is 16.0. The summed E-state index contributed by atoms with van der Waals surface area (Å²) in [6.07, 6.45) is 0. The predicted molar refractivity (Wildman–Crippen MR) is 95.3 cm³/mol. The second kappa shape index (κ2) is 8.15. The second-order valence-electron chi connectivity index (χ2n) is 5.56. The van der Waals surface area contributed by atoms with Crippen molar-refractivity contribution in [1.29, 1.82) is 0 Å². The molecule has 0 aliphatic carbocycles. The van der Waals surface area contributed by atoms with E-state index in [-0.39, 0.29) is 5.89 Å². The van der Waals surface area contributed by atoms with Gasteiger partial charge in [-0.25, -0.2) is 0 Å². The normalized spacial score (nSPS) is 10.4. The lowest BCUT2D eigenvalue weighted by atomic mass is 10.1. The fourth-order valence-corrected chi connectivity index (χ4v) is 2.21. The van der Waals surface area contributed by atoms with Crippen LogP contribution in [0, 0.1) is 6.92 Å². The minimum atomic E-state index is -0.436. The Morgan fingerprint density at radius 1 is 1.04 bits per heavy atom. The predicted octanol–water partition coefficient (Wildman–Crippen LogP) is 2.86. The number of aryl methyl sites for hydroxylation is 1. The summed E-state index contributed by atoms with van der Waals surface area (Å²) in [6.45, 7) is 2.62. The van der Waals surface area contributed by atoms with Crippen LogP contribution in [0.25, 0.3) is 11.5 Å². The molecule has 0 saturated heterocycles. The van der Waals surface area contributed by atoms with Crippen LogP contribution in [0.5, 0.6) is 11.5 Å². The molecule has 3 rings (SSSR count). The SMILES string of the molecule is COc1ccc(OCCNC(=O)c2nnc(-c3ccc(C)cc3)o2)cc1. The first kappa shape index (κ1) is 17.5. The van der Waals surface area contributed by atoms with E-state index in [0.29, 0.717) is 24.8 Å². The van der Waals surface area contributed by atoms with E-state index in [4.69, 9.17) is 13.9 Å². The van der Waals surface area contributed by atoms with Gasteiger partial charge in [-0.3, -0.25) is 4.79 Å². The Morgan fingerprint density at radius 2 is 1.73 bits per heavy atom. The number of ether oxygens (including phenoxy) is 2. The Bertz CT molecular complexity index is 857. The molecule has 0 spiro atoms. The van der Waals surface area contributed by atoms with Crippen LogP contribution in [-0.2, 0) is 0 Å². The smallest absolute Gasteiger partial charge is 0.308 e. The molecule has 0 aliphatic rings. The molecular formula is C19H19N3O4. The molecule has 1 N–H and O–H groups in total. The minimum Gasteiger partial charge on any atom is -0.497 e. The van der Waals surface area contributed by atoms with Crippen LogP contribution in [0.2, 0.25) is 0 Å². The summed E-state index contributed by atoms with van der Waals surface area (Å²) in [4.78, 5) is 12.1. The Balaban J connectivity index is 1.48. The number of carbonyl (C=O) groups excluding carboxylic acids is 1. The number of benzene rings is 2. The molecule has 7 heteroatoms. The van der Waals surface area contributed by atoms with Crippen LogP contribution in [0.15, 0.2) is 52.9 Å². The van der Waals surface area contributed by atoms with Crippen LogP contribution < -0.4 is 14.8 Å². The van der Waals surface area contributed by atoms with Gasteiger partial charge in [-0.1, -0.05) is 17.7 Å². The van der Waals surface area contributed by atoms with E-state index in [0.717, 1.165) is 16.9 Å². The first-order valence-electron chi connectivity index (χ1n) is 8.11. The maximum absolute atomic E-state index is 12.1. The van der Waals surface area contributed by atoms with Crippen molar-refractivity contribution in [2.75, 3.05) is 20.3 Å². The number of aromatic nitrogens is 2. The lowest BCUT2D eigenvalue weighted by Gasteiger charge is -2.07. The van der Waals surface area contributed by atoms with Gasteiger partial charge in [-0.05, 0) is 43.3 Å². The minimum absolute atomic E-state index is 0.0787. The highest BCUT2D eigenvalue weighted by Gasteiger charge is 2.15. The Labute approximate surface area is 151 Å².